The van der Waals surface area contributed by atoms with Crippen LogP contribution in [-0.4, -0.2) is 13.8 Å². The van der Waals surface area contributed by atoms with Gasteiger partial charge in [0, 0.05) is 0 Å². The summed E-state index contributed by atoms with van der Waals surface area (Å²) in [6.07, 6.45) is 0.680. The Balaban J connectivity index is 1.92. The minimum atomic E-state index is -3.54. The molecular weight excluding hydrogens is 382 g/mol. The maximum atomic E-state index is 12.4. The Labute approximate surface area is 135 Å². The number of hydrogen-bond donors (Lipinski definition) is 1. The highest BCUT2D eigenvalue weighted by Crippen LogP contribution is 2.36. The van der Waals surface area contributed by atoms with Crippen LogP contribution >= 0.6 is 38.9 Å². The number of sulfonamides is 1. The predicted octanol–water partition coefficient (Wildman–Crippen LogP) is 3.69. The van der Waals surface area contributed by atoms with E-state index in [2.05, 4.69) is 20.7 Å². The molecule has 0 amide bonds. The number of nitrogens with one attached hydrogen (secondary N) is 1. The first-order valence-corrected chi connectivity index (χ1v) is 9.50. The zero-order chi connectivity index (χ0) is 14.3. The van der Waals surface area contributed by atoms with E-state index in [-0.39, 0.29) is 15.6 Å². The summed E-state index contributed by atoms with van der Waals surface area (Å²) in [5.41, 5.74) is 2.07. The van der Waals surface area contributed by atoms with Crippen molar-refractivity contribution in [3.05, 3.63) is 51.3 Å². The van der Waals surface area contributed by atoms with Crippen LogP contribution in [0.15, 0.2) is 44.4 Å². The summed E-state index contributed by atoms with van der Waals surface area (Å²) >= 11 is 10.8. The van der Waals surface area contributed by atoms with Gasteiger partial charge in [-0.1, -0.05) is 24.3 Å². The highest BCUT2D eigenvalue weighted by atomic mass is 79.9. The van der Waals surface area contributed by atoms with Crippen LogP contribution < -0.4 is 4.72 Å². The van der Waals surface area contributed by atoms with Crippen LogP contribution in [-0.2, 0) is 16.4 Å². The van der Waals surface area contributed by atoms with Gasteiger partial charge in [0.15, 0.2) is 0 Å². The number of thiophene rings is 1. The highest BCUT2D eigenvalue weighted by Gasteiger charge is 2.34. The summed E-state index contributed by atoms with van der Waals surface area (Å²) in [6, 6.07) is 10.7. The van der Waals surface area contributed by atoms with Crippen molar-refractivity contribution >= 4 is 48.9 Å². The summed E-state index contributed by atoms with van der Waals surface area (Å²) in [5, 5.41) is -0.259. The third kappa shape index (κ3) is 2.67. The van der Waals surface area contributed by atoms with E-state index in [1.807, 2.05) is 24.3 Å². The summed E-state index contributed by atoms with van der Waals surface area (Å²) in [7, 11) is -3.54. The third-order valence-electron chi connectivity index (χ3n) is 3.26. The first-order chi connectivity index (χ1) is 9.47. The van der Waals surface area contributed by atoms with Crippen LogP contribution in [0.1, 0.15) is 17.2 Å². The fraction of sp³-hybridized carbons (Fsp3) is 0.231. The Kier molecular flexibility index (Phi) is 3.94. The first kappa shape index (κ1) is 14.5. The number of rotatable bonds is 3. The van der Waals surface area contributed by atoms with Gasteiger partial charge in [0.25, 0.3) is 10.0 Å². The van der Waals surface area contributed by atoms with E-state index < -0.39 is 10.0 Å². The minimum Gasteiger partial charge on any atom is -0.206 e. The van der Waals surface area contributed by atoms with E-state index in [9.17, 15) is 8.42 Å². The molecular formula is C13H11BrClNO2S2. The van der Waals surface area contributed by atoms with E-state index in [4.69, 9.17) is 11.6 Å². The van der Waals surface area contributed by atoms with Gasteiger partial charge in [0.2, 0.25) is 0 Å². The molecule has 3 nitrogen and oxygen atoms in total. The van der Waals surface area contributed by atoms with E-state index in [1.165, 1.54) is 11.3 Å². The summed E-state index contributed by atoms with van der Waals surface area (Å²) in [4.78, 5) is 0. The molecule has 0 spiro atoms. The molecule has 0 saturated carbocycles. The van der Waals surface area contributed by atoms with Crippen LogP contribution in [0.3, 0.4) is 0 Å². The predicted molar refractivity (Wildman–Crippen MR) is 84.9 cm³/mol. The van der Waals surface area contributed by atoms with Crippen LogP contribution in [0.5, 0.6) is 0 Å². The molecule has 2 atom stereocenters. The number of benzene rings is 1. The van der Waals surface area contributed by atoms with Gasteiger partial charge in [0.1, 0.15) is 4.21 Å². The van der Waals surface area contributed by atoms with Crippen LogP contribution in [0.25, 0.3) is 0 Å². The van der Waals surface area contributed by atoms with Gasteiger partial charge in [-0.05, 0) is 45.6 Å². The van der Waals surface area contributed by atoms with E-state index in [0.717, 1.165) is 14.9 Å². The molecule has 3 rings (SSSR count). The van der Waals surface area contributed by atoms with Gasteiger partial charge >= 0.3 is 0 Å². The number of halogens is 2. The fourth-order valence-corrected chi connectivity index (χ4v) is 6.07. The second-order valence-electron chi connectivity index (χ2n) is 4.58. The third-order valence-corrected chi connectivity index (χ3v) is 7.23. The quantitative estimate of drug-likeness (QED) is 0.810. The van der Waals surface area contributed by atoms with Crippen LogP contribution in [0, 0.1) is 0 Å². The minimum absolute atomic E-state index is 0.259. The molecule has 1 aromatic carbocycles. The lowest BCUT2D eigenvalue weighted by atomic mass is 10.1. The van der Waals surface area contributed by atoms with Gasteiger partial charge in [-0.25, -0.2) is 13.1 Å². The van der Waals surface area contributed by atoms with Crippen molar-refractivity contribution in [2.24, 2.45) is 0 Å². The number of hydrogen-bond acceptors (Lipinski definition) is 3. The maximum Gasteiger partial charge on any atom is 0.250 e. The van der Waals surface area contributed by atoms with Gasteiger partial charge in [-0.3, -0.25) is 0 Å². The van der Waals surface area contributed by atoms with Gasteiger partial charge < -0.3 is 0 Å². The molecule has 1 aromatic heterocycles. The topological polar surface area (TPSA) is 46.2 Å². The molecule has 1 aliphatic rings. The van der Waals surface area contributed by atoms with Crippen LogP contribution in [0.2, 0.25) is 0 Å². The molecule has 0 fully saturated rings. The molecule has 0 aliphatic heterocycles. The average molecular weight is 393 g/mol. The lowest BCUT2D eigenvalue weighted by Crippen LogP contribution is -2.31. The molecule has 20 heavy (non-hydrogen) atoms. The Morgan fingerprint density at radius 1 is 1.25 bits per heavy atom. The summed E-state index contributed by atoms with van der Waals surface area (Å²) < 4.78 is 28.5. The Morgan fingerprint density at radius 2 is 2.00 bits per heavy atom. The molecule has 1 aliphatic carbocycles. The van der Waals surface area contributed by atoms with E-state index >= 15 is 0 Å². The molecule has 2 aromatic rings. The van der Waals surface area contributed by atoms with Crippen molar-refractivity contribution in [2.45, 2.75) is 22.0 Å². The zero-order valence-electron chi connectivity index (χ0n) is 10.2. The van der Waals surface area contributed by atoms with Crippen molar-refractivity contribution in [3.8, 4) is 0 Å². The standard InChI is InChI=1S/C13H11BrClNO2S2/c14-11-5-6-12(19-11)20(17,18)16-13-9-4-2-1-3-8(9)7-10(13)15/h1-6,10,13,16H,7H2. The number of fused-ring (bicyclic) bond motifs is 1. The van der Waals surface area contributed by atoms with Crippen molar-refractivity contribution in [1.29, 1.82) is 0 Å². The van der Waals surface area contributed by atoms with Crippen LogP contribution in [0.4, 0.5) is 0 Å². The van der Waals surface area contributed by atoms with E-state index in [1.54, 1.807) is 12.1 Å². The van der Waals surface area contributed by atoms with Gasteiger partial charge in [0.05, 0.1) is 15.2 Å². The highest BCUT2D eigenvalue weighted by molar-refractivity contribution is 9.11. The monoisotopic (exact) mass is 391 g/mol. The second-order valence-corrected chi connectivity index (χ2v) is 9.54. The van der Waals surface area contributed by atoms with Crippen molar-refractivity contribution < 1.29 is 8.42 Å². The molecule has 0 bridgehead atoms. The second kappa shape index (κ2) is 5.42. The van der Waals surface area contributed by atoms with Crippen molar-refractivity contribution in [3.63, 3.8) is 0 Å². The van der Waals surface area contributed by atoms with Crippen molar-refractivity contribution in [2.75, 3.05) is 0 Å². The van der Waals surface area contributed by atoms with Gasteiger partial charge in [-0.2, -0.15) is 0 Å². The van der Waals surface area contributed by atoms with Crippen molar-refractivity contribution in [1.82, 2.24) is 4.72 Å². The lowest BCUT2D eigenvalue weighted by Gasteiger charge is -2.16. The molecule has 0 saturated heterocycles. The molecule has 2 unspecified atom stereocenters. The molecule has 106 valence electrons. The molecule has 1 heterocycles. The fourth-order valence-electron chi connectivity index (χ4n) is 2.35. The molecule has 7 heteroatoms. The zero-order valence-corrected chi connectivity index (χ0v) is 14.2. The Bertz CT molecular complexity index is 744. The Hall–Kier alpha value is -0.400. The molecule has 1 N–H and O–H groups in total. The smallest absolute Gasteiger partial charge is 0.206 e. The Morgan fingerprint density at radius 3 is 2.70 bits per heavy atom. The largest absolute Gasteiger partial charge is 0.250 e. The summed E-state index contributed by atoms with van der Waals surface area (Å²) in [6.45, 7) is 0. The first-order valence-electron chi connectivity index (χ1n) is 5.97. The SMILES string of the molecule is O=S(=O)(NC1c2ccccc2CC1Cl)c1ccc(Br)s1. The maximum absolute atomic E-state index is 12.4. The van der Waals surface area contributed by atoms with Gasteiger partial charge in [-0.15, -0.1) is 22.9 Å². The average Bonchev–Trinajstić information content (AvgIpc) is 2.95. The molecule has 0 radical (unpaired) electrons. The lowest BCUT2D eigenvalue weighted by molar-refractivity contribution is 0.558. The van der Waals surface area contributed by atoms with E-state index in [0.29, 0.717) is 6.42 Å². The normalized spacial score (nSPS) is 21.9. The number of alkyl halides is 1. The summed E-state index contributed by atoms with van der Waals surface area (Å²) in [5.74, 6) is 0.